The number of benzene rings is 8. The maximum Gasteiger partial charge on any atom is 0.160 e. The molecule has 0 saturated carbocycles. The van der Waals surface area contributed by atoms with Crippen molar-refractivity contribution in [2.45, 2.75) is 5.41 Å². The van der Waals surface area contributed by atoms with E-state index in [0.29, 0.717) is 5.82 Å². The van der Waals surface area contributed by atoms with Crippen molar-refractivity contribution >= 4 is 53.6 Å². The molecule has 1 aliphatic carbocycles. The van der Waals surface area contributed by atoms with Crippen LogP contribution in [-0.2, 0) is 5.41 Å². The third-order valence-corrected chi connectivity index (χ3v) is 13.4. The van der Waals surface area contributed by atoms with Gasteiger partial charge in [0.1, 0.15) is 22.7 Å². The molecule has 0 bridgehead atoms. The van der Waals surface area contributed by atoms with E-state index < -0.39 is 5.41 Å². The van der Waals surface area contributed by atoms with Gasteiger partial charge in [-0.25, -0.2) is 9.97 Å². The zero-order valence-electron chi connectivity index (χ0n) is 30.9. The van der Waals surface area contributed by atoms with Gasteiger partial charge in [-0.15, -0.1) is 11.3 Å². The van der Waals surface area contributed by atoms with Crippen LogP contribution in [0.3, 0.4) is 0 Å². The summed E-state index contributed by atoms with van der Waals surface area (Å²) in [7, 11) is 0. The first-order valence-corrected chi connectivity index (χ1v) is 20.4. The summed E-state index contributed by atoms with van der Waals surface area (Å²) in [6, 6.07) is 64.6. The number of thiophene rings is 1. The molecule has 3 aromatic heterocycles. The lowest BCUT2D eigenvalue weighted by Gasteiger charge is -2.39. The Kier molecular flexibility index (Phi) is 6.49. The summed E-state index contributed by atoms with van der Waals surface area (Å²) in [6.45, 7) is 0. The second-order valence-electron chi connectivity index (χ2n) is 15.2. The van der Waals surface area contributed by atoms with Gasteiger partial charge in [0, 0.05) is 43.1 Å². The highest BCUT2D eigenvalue weighted by molar-refractivity contribution is 7.26. The average molecular weight is 759 g/mol. The van der Waals surface area contributed by atoms with Gasteiger partial charge in [-0.05, 0) is 75.8 Å². The Hall–Kier alpha value is -7.34. The fraction of sp³-hybridized carbons (Fsp3) is 0.0189. The molecule has 0 N–H and O–H groups in total. The van der Waals surface area contributed by atoms with Gasteiger partial charge in [-0.1, -0.05) is 140 Å². The van der Waals surface area contributed by atoms with Crippen molar-refractivity contribution in [3.8, 4) is 56.4 Å². The molecule has 0 saturated heterocycles. The first kappa shape index (κ1) is 31.8. The lowest BCUT2D eigenvalue weighted by Crippen LogP contribution is -2.32. The van der Waals surface area contributed by atoms with E-state index >= 15 is 0 Å². The number of fused-ring (bicyclic) bond motifs is 15. The van der Waals surface area contributed by atoms with Gasteiger partial charge >= 0.3 is 0 Å². The van der Waals surface area contributed by atoms with Crippen LogP contribution in [0.2, 0.25) is 0 Å². The lowest BCUT2D eigenvalue weighted by molar-refractivity contribution is 0.436. The van der Waals surface area contributed by atoms with Crippen molar-refractivity contribution in [1.29, 1.82) is 0 Å². The molecular weight excluding hydrogens is 729 g/mol. The number of rotatable bonds is 3. The standard InChI is InChI=1S/C53H30N2O2S/c1-2-13-31(14-3-1)52-54-48-36-16-5-11-24-47(36)58-51(48)49(55-52)37-18-12-17-35-39-30-33(26-28-44(39)57-50(35)37)32-25-27-41-38(29-32)34-15-4-6-19-40(34)53(41)42-20-7-9-22-45(42)56-46-23-10-8-21-43(46)53/h1-30H. The molecule has 270 valence electrons. The van der Waals surface area contributed by atoms with Gasteiger partial charge in [0.25, 0.3) is 0 Å². The summed E-state index contributed by atoms with van der Waals surface area (Å²) in [5.74, 6) is 2.50. The van der Waals surface area contributed by atoms with Gasteiger partial charge in [0.05, 0.1) is 21.3 Å². The first-order chi connectivity index (χ1) is 28.7. The van der Waals surface area contributed by atoms with Crippen molar-refractivity contribution in [2.24, 2.45) is 0 Å². The summed E-state index contributed by atoms with van der Waals surface area (Å²) in [5, 5.41) is 3.27. The van der Waals surface area contributed by atoms with E-state index in [2.05, 4.69) is 164 Å². The zero-order valence-corrected chi connectivity index (χ0v) is 31.8. The molecule has 1 spiro atoms. The summed E-state index contributed by atoms with van der Waals surface area (Å²) in [6.07, 6.45) is 0. The maximum absolute atomic E-state index is 6.79. The van der Waals surface area contributed by atoms with Crippen LogP contribution >= 0.6 is 11.3 Å². The molecule has 0 fully saturated rings. The van der Waals surface area contributed by atoms with E-state index in [4.69, 9.17) is 19.1 Å². The van der Waals surface area contributed by atoms with E-state index in [1.165, 1.54) is 38.1 Å². The van der Waals surface area contributed by atoms with E-state index in [-0.39, 0.29) is 0 Å². The highest BCUT2D eigenvalue weighted by atomic mass is 32.1. The van der Waals surface area contributed by atoms with Crippen LogP contribution in [0.15, 0.2) is 186 Å². The van der Waals surface area contributed by atoms with Gasteiger partial charge in [0.15, 0.2) is 5.82 Å². The Morgan fingerprint density at radius 1 is 0.448 bits per heavy atom. The number of para-hydroxylation sites is 3. The number of furan rings is 1. The highest BCUT2D eigenvalue weighted by Gasteiger charge is 2.50. The molecule has 1 aliphatic heterocycles. The van der Waals surface area contributed by atoms with E-state index in [1.54, 1.807) is 11.3 Å². The van der Waals surface area contributed by atoms with Crippen LogP contribution in [0, 0.1) is 0 Å². The molecule has 58 heavy (non-hydrogen) atoms. The van der Waals surface area contributed by atoms with Crippen LogP contribution < -0.4 is 4.74 Å². The second kappa shape index (κ2) is 11.8. The molecule has 4 nitrogen and oxygen atoms in total. The largest absolute Gasteiger partial charge is 0.457 e. The van der Waals surface area contributed by atoms with E-state index in [9.17, 15) is 0 Å². The third kappa shape index (κ3) is 4.28. The van der Waals surface area contributed by atoms with Crippen molar-refractivity contribution < 1.29 is 9.15 Å². The fourth-order valence-electron chi connectivity index (χ4n) is 9.69. The Balaban J connectivity index is 0.993. The minimum atomic E-state index is -0.488. The van der Waals surface area contributed by atoms with Crippen molar-refractivity contribution in [3.63, 3.8) is 0 Å². The molecule has 0 radical (unpaired) electrons. The van der Waals surface area contributed by atoms with Crippen molar-refractivity contribution in [2.75, 3.05) is 0 Å². The molecule has 0 atom stereocenters. The Labute approximate surface area is 337 Å². The van der Waals surface area contributed by atoms with Crippen LogP contribution in [0.1, 0.15) is 22.3 Å². The van der Waals surface area contributed by atoms with E-state index in [1.807, 2.05) is 18.2 Å². The molecule has 4 heterocycles. The summed E-state index contributed by atoms with van der Waals surface area (Å²) >= 11 is 1.73. The Morgan fingerprint density at radius 3 is 1.95 bits per heavy atom. The van der Waals surface area contributed by atoms with Crippen LogP contribution in [0.5, 0.6) is 11.5 Å². The third-order valence-electron chi connectivity index (χ3n) is 12.2. The summed E-state index contributed by atoms with van der Waals surface area (Å²) in [4.78, 5) is 10.4. The van der Waals surface area contributed by atoms with Crippen LogP contribution in [0.4, 0.5) is 0 Å². The van der Waals surface area contributed by atoms with Gasteiger partial charge in [-0.2, -0.15) is 0 Å². The average Bonchev–Trinajstić information content (AvgIpc) is 3.95. The van der Waals surface area contributed by atoms with Gasteiger partial charge in [0.2, 0.25) is 0 Å². The summed E-state index contributed by atoms with van der Waals surface area (Å²) in [5.41, 5.74) is 14.6. The topological polar surface area (TPSA) is 48.2 Å². The summed E-state index contributed by atoms with van der Waals surface area (Å²) < 4.78 is 15.6. The first-order valence-electron chi connectivity index (χ1n) is 19.6. The fourth-order valence-corrected chi connectivity index (χ4v) is 10.8. The molecule has 13 rings (SSSR count). The van der Waals surface area contributed by atoms with E-state index in [0.717, 1.165) is 77.0 Å². The van der Waals surface area contributed by atoms with Gasteiger partial charge in [-0.3, -0.25) is 0 Å². The minimum Gasteiger partial charge on any atom is -0.457 e. The SMILES string of the molecule is c1ccc(-c2nc(-c3cccc4c3oc3ccc(-c5ccc6c(c5)-c5ccccc5C65c6ccccc6Oc6ccccc65)cc34)c3sc4ccccc4c3n2)cc1. The lowest BCUT2D eigenvalue weighted by atomic mass is 9.66. The van der Waals surface area contributed by atoms with Crippen molar-refractivity contribution in [3.05, 3.63) is 204 Å². The molecule has 5 heteroatoms. The van der Waals surface area contributed by atoms with Gasteiger partial charge < -0.3 is 9.15 Å². The molecule has 2 aliphatic rings. The quantitative estimate of drug-likeness (QED) is 0.180. The minimum absolute atomic E-state index is 0.488. The smallest absolute Gasteiger partial charge is 0.160 e. The molecular formula is C53H30N2O2S. The number of hydrogen-bond donors (Lipinski definition) is 0. The highest BCUT2D eigenvalue weighted by Crippen LogP contribution is 2.62. The number of ether oxygens (including phenoxy) is 1. The van der Waals surface area contributed by atoms with Crippen LogP contribution in [0.25, 0.3) is 87.1 Å². The predicted octanol–water partition coefficient (Wildman–Crippen LogP) is 14.2. The monoisotopic (exact) mass is 758 g/mol. The molecule has 0 unspecified atom stereocenters. The molecule has 8 aromatic carbocycles. The normalized spacial score (nSPS) is 13.4. The predicted molar refractivity (Wildman–Crippen MR) is 236 cm³/mol. The molecule has 0 amide bonds. The maximum atomic E-state index is 6.79. The van der Waals surface area contributed by atoms with Crippen LogP contribution in [-0.4, -0.2) is 9.97 Å². The number of aromatic nitrogens is 2. The second-order valence-corrected chi connectivity index (χ2v) is 16.2. The number of hydrogen-bond acceptors (Lipinski definition) is 5. The Morgan fingerprint density at radius 2 is 1.10 bits per heavy atom. The molecule has 11 aromatic rings. The zero-order chi connectivity index (χ0) is 38.0. The van der Waals surface area contributed by atoms with Crippen molar-refractivity contribution in [1.82, 2.24) is 9.97 Å². The number of nitrogens with zero attached hydrogens (tertiary/aromatic N) is 2. The Bertz CT molecular complexity index is 3460.